The molecule has 1 fully saturated rings. The van der Waals surface area contributed by atoms with E-state index in [9.17, 15) is 4.79 Å². The summed E-state index contributed by atoms with van der Waals surface area (Å²) < 4.78 is 1.77. The standard InChI is InChI=1S/C13H17N5O/c14-8-9-4-3-5-10(9)12(19)15-13-17-16-11-6-1-2-7-18(11)13/h1-2,6-7,9-10H,3-5,8,14H2,(H,15,17,19)/t9-,10-/m1/s1. The Bertz CT molecular complexity index is 593. The van der Waals surface area contributed by atoms with E-state index in [1.807, 2.05) is 24.4 Å². The highest BCUT2D eigenvalue weighted by Gasteiger charge is 2.32. The van der Waals surface area contributed by atoms with Gasteiger partial charge in [0.05, 0.1) is 0 Å². The monoisotopic (exact) mass is 259 g/mol. The van der Waals surface area contributed by atoms with Crippen molar-refractivity contribution >= 4 is 17.5 Å². The van der Waals surface area contributed by atoms with Crippen LogP contribution in [0, 0.1) is 11.8 Å². The molecule has 0 spiro atoms. The van der Waals surface area contributed by atoms with Gasteiger partial charge in [-0.3, -0.25) is 14.5 Å². The topological polar surface area (TPSA) is 85.3 Å². The van der Waals surface area contributed by atoms with Crippen molar-refractivity contribution in [3.05, 3.63) is 24.4 Å². The number of hydrogen-bond acceptors (Lipinski definition) is 4. The minimum atomic E-state index is 0.000984. The molecule has 0 aromatic carbocycles. The van der Waals surface area contributed by atoms with Gasteiger partial charge in [-0.2, -0.15) is 0 Å². The van der Waals surface area contributed by atoms with E-state index in [2.05, 4.69) is 15.5 Å². The lowest BCUT2D eigenvalue weighted by atomic mass is 9.95. The van der Waals surface area contributed by atoms with E-state index >= 15 is 0 Å². The van der Waals surface area contributed by atoms with Gasteiger partial charge in [-0.05, 0) is 37.4 Å². The molecule has 0 saturated heterocycles. The molecule has 0 radical (unpaired) electrons. The molecule has 0 unspecified atom stereocenters. The SMILES string of the molecule is NC[C@H]1CCC[C@H]1C(=O)Nc1nnc2ccccn12. The predicted molar refractivity (Wildman–Crippen MR) is 71.5 cm³/mol. The second kappa shape index (κ2) is 4.97. The van der Waals surface area contributed by atoms with Gasteiger partial charge in [0.1, 0.15) is 0 Å². The molecule has 6 heteroatoms. The molecule has 2 atom stereocenters. The Hall–Kier alpha value is -1.95. The van der Waals surface area contributed by atoms with Crippen LogP contribution in [0.25, 0.3) is 5.65 Å². The lowest BCUT2D eigenvalue weighted by Gasteiger charge is -2.16. The van der Waals surface area contributed by atoms with Gasteiger partial charge in [-0.25, -0.2) is 0 Å². The molecular weight excluding hydrogens is 242 g/mol. The number of pyridine rings is 1. The van der Waals surface area contributed by atoms with Crippen LogP contribution in [0.15, 0.2) is 24.4 Å². The Labute approximate surface area is 111 Å². The van der Waals surface area contributed by atoms with Crippen molar-refractivity contribution in [2.45, 2.75) is 19.3 Å². The van der Waals surface area contributed by atoms with E-state index in [-0.39, 0.29) is 11.8 Å². The van der Waals surface area contributed by atoms with Gasteiger partial charge in [-0.1, -0.05) is 12.5 Å². The molecule has 2 heterocycles. The number of hydrogen-bond donors (Lipinski definition) is 2. The maximum atomic E-state index is 12.3. The first-order valence-corrected chi connectivity index (χ1v) is 6.60. The third kappa shape index (κ3) is 2.19. The molecule has 1 aliphatic carbocycles. The fourth-order valence-electron chi connectivity index (χ4n) is 2.79. The van der Waals surface area contributed by atoms with E-state index in [0.717, 1.165) is 24.9 Å². The maximum absolute atomic E-state index is 12.3. The molecule has 0 bridgehead atoms. The van der Waals surface area contributed by atoms with Gasteiger partial charge >= 0.3 is 0 Å². The lowest BCUT2D eigenvalue weighted by Crippen LogP contribution is -2.30. The Morgan fingerprint density at radius 2 is 2.32 bits per heavy atom. The van der Waals surface area contributed by atoms with E-state index in [0.29, 0.717) is 18.4 Å². The zero-order valence-electron chi connectivity index (χ0n) is 10.6. The number of nitrogens with two attached hydrogens (primary N) is 1. The summed E-state index contributed by atoms with van der Waals surface area (Å²) in [5.41, 5.74) is 6.43. The molecular formula is C13H17N5O. The van der Waals surface area contributed by atoms with Crippen molar-refractivity contribution in [1.82, 2.24) is 14.6 Å². The second-order valence-corrected chi connectivity index (χ2v) is 4.97. The summed E-state index contributed by atoms with van der Waals surface area (Å²) in [5, 5.41) is 10.9. The van der Waals surface area contributed by atoms with E-state index in [1.54, 1.807) is 4.40 Å². The van der Waals surface area contributed by atoms with E-state index in [1.165, 1.54) is 0 Å². The first-order chi connectivity index (χ1) is 9.29. The van der Waals surface area contributed by atoms with Crippen LogP contribution in [-0.2, 0) is 4.79 Å². The maximum Gasteiger partial charge on any atom is 0.235 e. The number of aromatic nitrogens is 3. The van der Waals surface area contributed by atoms with Crippen LogP contribution >= 0.6 is 0 Å². The van der Waals surface area contributed by atoms with Crippen molar-refractivity contribution in [3.63, 3.8) is 0 Å². The van der Waals surface area contributed by atoms with Crippen molar-refractivity contribution in [2.75, 3.05) is 11.9 Å². The summed E-state index contributed by atoms with van der Waals surface area (Å²) in [6, 6.07) is 5.61. The number of carbonyl (C=O) groups excluding carboxylic acids is 1. The largest absolute Gasteiger partial charge is 0.330 e. The lowest BCUT2D eigenvalue weighted by molar-refractivity contribution is -0.120. The summed E-state index contributed by atoms with van der Waals surface area (Å²) >= 11 is 0. The Morgan fingerprint density at radius 3 is 3.16 bits per heavy atom. The first-order valence-electron chi connectivity index (χ1n) is 6.60. The van der Waals surface area contributed by atoms with Gasteiger partial charge < -0.3 is 5.73 Å². The molecule has 1 aliphatic rings. The van der Waals surface area contributed by atoms with Gasteiger partial charge in [0.25, 0.3) is 0 Å². The summed E-state index contributed by atoms with van der Waals surface area (Å²) in [6.45, 7) is 0.568. The zero-order chi connectivity index (χ0) is 13.2. The van der Waals surface area contributed by atoms with E-state index < -0.39 is 0 Å². The highest BCUT2D eigenvalue weighted by atomic mass is 16.2. The molecule has 100 valence electrons. The molecule has 3 rings (SSSR count). The van der Waals surface area contributed by atoms with Crippen molar-refractivity contribution in [2.24, 2.45) is 17.6 Å². The predicted octanol–water partition coefficient (Wildman–Crippen LogP) is 1.04. The molecule has 0 aliphatic heterocycles. The van der Waals surface area contributed by atoms with E-state index in [4.69, 9.17) is 5.73 Å². The number of carbonyl (C=O) groups is 1. The van der Waals surface area contributed by atoms with Crippen LogP contribution in [0.5, 0.6) is 0 Å². The third-order valence-electron chi connectivity index (χ3n) is 3.85. The molecule has 6 nitrogen and oxygen atoms in total. The zero-order valence-corrected chi connectivity index (χ0v) is 10.6. The molecule has 2 aromatic heterocycles. The van der Waals surface area contributed by atoms with Gasteiger partial charge in [0.2, 0.25) is 11.9 Å². The molecule has 1 saturated carbocycles. The van der Waals surface area contributed by atoms with Gasteiger partial charge in [0, 0.05) is 12.1 Å². The quantitative estimate of drug-likeness (QED) is 0.862. The Morgan fingerprint density at radius 1 is 1.42 bits per heavy atom. The molecule has 2 aromatic rings. The van der Waals surface area contributed by atoms with Gasteiger partial charge in [0.15, 0.2) is 5.65 Å². The van der Waals surface area contributed by atoms with Crippen LogP contribution in [-0.4, -0.2) is 27.0 Å². The van der Waals surface area contributed by atoms with Crippen LogP contribution in [0.3, 0.4) is 0 Å². The molecule has 1 amide bonds. The molecule has 3 N–H and O–H groups in total. The van der Waals surface area contributed by atoms with Crippen LogP contribution in [0.4, 0.5) is 5.95 Å². The van der Waals surface area contributed by atoms with Crippen molar-refractivity contribution in [3.8, 4) is 0 Å². The Kier molecular flexibility index (Phi) is 3.16. The highest BCUT2D eigenvalue weighted by molar-refractivity contribution is 5.91. The molecule has 19 heavy (non-hydrogen) atoms. The number of amides is 1. The highest BCUT2D eigenvalue weighted by Crippen LogP contribution is 2.31. The van der Waals surface area contributed by atoms with Crippen molar-refractivity contribution < 1.29 is 4.79 Å². The summed E-state index contributed by atoms with van der Waals surface area (Å²) in [5.74, 6) is 0.773. The second-order valence-electron chi connectivity index (χ2n) is 4.97. The number of rotatable bonds is 3. The van der Waals surface area contributed by atoms with Crippen LogP contribution < -0.4 is 11.1 Å². The number of nitrogens with one attached hydrogen (secondary N) is 1. The summed E-state index contributed by atoms with van der Waals surface area (Å²) in [4.78, 5) is 12.3. The smallest absolute Gasteiger partial charge is 0.235 e. The summed E-state index contributed by atoms with van der Waals surface area (Å²) in [7, 11) is 0. The normalized spacial score (nSPS) is 22.8. The summed E-state index contributed by atoms with van der Waals surface area (Å²) in [6.07, 6.45) is 4.85. The fraction of sp³-hybridized carbons (Fsp3) is 0.462. The van der Waals surface area contributed by atoms with Crippen LogP contribution in [0.2, 0.25) is 0 Å². The fourth-order valence-corrected chi connectivity index (χ4v) is 2.79. The minimum absolute atomic E-state index is 0.000984. The van der Waals surface area contributed by atoms with Crippen LogP contribution in [0.1, 0.15) is 19.3 Å². The third-order valence-corrected chi connectivity index (χ3v) is 3.85. The number of anilines is 1. The minimum Gasteiger partial charge on any atom is -0.330 e. The average molecular weight is 259 g/mol. The van der Waals surface area contributed by atoms with Gasteiger partial charge in [-0.15, -0.1) is 10.2 Å². The number of fused-ring (bicyclic) bond motifs is 1. The number of nitrogens with zero attached hydrogens (tertiary/aromatic N) is 3. The van der Waals surface area contributed by atoms with Crippen molar-refractivity contribution in [1.29, 1.82) is 0 Å². The Balaban J connectivity index is 1.79. The average Bonchev–Trinajstić information content (AvgIpc) is 3.05. The first kappa shape index (κ1) is 12.1.